The smallest absolute Gasteiger partial charge is 0.337 e. The van der Waals surface area contributed by atoms with Crippen molar-refractivity contribution in [1.29, 1.82) is 0 Å². The Morgan fingerprint density at radius 1 is 1.20 bits per heavy atom. The van der Waals surface area contributed by atoms with Gasteiger partial charge in [0.1, 0.15) is 0 Å². The van der Waals surface area contributed by atoms with Gasteiger partial charge in [0, 0.05) is 0 Å². The molecule has 2 N–H and O–H groups in total. The Kier molecular flexibility index (Phi) is 5.35. The predicted octanol–water partition coefficient (Wildman–Crippen LogP) is 4.50. The number of benzene rings is 2. The van der Waals surface area contributed by atoms with Crippen LogP contribution in [0.5, 0.6) is 0 Å². The van der Waals surface area contributed by atoms with E-state index >= 15 is 0 Å². The maximum absolute atomic E-state index is 12.6. The van der Waals surface area contributed by atoms with Crippen molar-refractivity contribution in [1.82, 2.24) is 4.98 Å². The number of nitrogens with one attached hydrogen (secondary N) is 1. The molecule has 0 saturated carbocycles. The number of aromatic carboxylic acids is 1. The minimum absolute atomic E-state index is 0.0793. The van der Waals surface area contributed by atoms with E-state index in [-0.39, 0.29) is 16.7 Å². The molecule has 3 rings (SSSR count). The summed E-state index contributed by atoms with van der Waals surface area (Å²) in [6, 6.07) is 14.2. The third-order valence-corrected chi connectivity index (χ3v) is 6.09. The van der Waals surface area contributed by atoms with Crippen molar-refractivity contribution in [3.05, 3.63) is 54.1 Å². The van der Waals surface area contributed by atoms with Gasteiger partial charge in [0.25, 0.3) is 0 Å². The number of carbonyl (C=O) groups is 2. The van der Waals surface area contributed by atoms with Crippen LogP contribution in [0.4, 0.5) is 5.69 Å². The minimum atomic E-state index is -1.07. The van der Waals surface area contributed by atoms with Gasteiger partial charge in [-0.25, -0.2) is 9.78 Å². The van der Waals surface area contributed by atoms with E-state index < -0.39 is 5.97 Å². The summed E-state index contributed by atoms with van der Waals surface area (Å²) in [6.07, 6.45) is 0.613. The number of thiazole rings is 1. The second-order valence-electron chi connectivity index (χ2n) is 5.30. The Morgan fingerprint density at radius 3 is 2.64 bits per heavy atom. The zero-order valence-corrected chi connectivity index (χ0v) is 15.1. The molecule has 7 heteroatoms. The third-order valence-electron chi connectivity index (χ3n) is 3.60. The summed E-state index contributed by atoms with van der Waals surface area (Å²) in [7, 11) is 0. The lowest BCUT2D eigenvalue weighted by Crippen LogP contribution is -2.25. The Balaban J connectivity index is 1.76. The molecule has 3 aromatic rings. The summed E-state index contributed by atoms with van der Waals surface area (Å²) in [5, 5.41) is 11.6. The lowest BCUT2D eigenvalue weighted by Gasteiger charge is -2.14. The molecule has 1 unspecified atom stereocenters. The Hall–Kier alpha value is -2.38. The van der Waals surface area contributed by atoms with E-state index in [1.165, 1.54) is 17.8 Å². The number of hydrogen-bond donors (Lipinski definition) is 2. The maximum Gasteiger partial charge on any atom is 0.337 e. The quantitative estimate of drug-likeness (QED) is 0.623. The first-order chi connectivity index (χ1) is 12.1. The average Bonchev–Trinajstić information content (AvgIpc) is 3.02. The molecule has 0 saturated heterocycles. The van der Waals surface area contributed by atoms with Gasteiger partial charge in [-0.2, -0.15) is 0 Å². The fraction of sp³-hybridized carbons (Fsp3) is 0.167. The molecule has 25 heavy (non-hydrogen) atoms. The number of anilines is 1. The molecule has 0 aliphatic rings. The Labute approximate surface area is 153 Å². The van der Waals surface area contributed by atoms with Crippen LogP contribution in [0.2, 0.25) is 0 Å². The molecule has 0 radical (unpaired) electrons. The van der Waals surface area contributed by atoms with E-state index in [1.807, 2.05) is 31.2 Å². The summed E-state index contributed by atoms with van der Waals surface area (Å²) in [6.45, 7) is 1.92. The molecule has 0 bridgehead atoms. The van der Waals surface area contributed by atoms with Gasteiger partial charge in [0.15, 0.2) is 4.34 Å². The molecule has 2 aromatic carbocycles. The number of amides is 1. The minimum Gasteiger partial charge on any atom is -0.478 e. The SMILES string of the molecule is CCC(Sc1nc2ccccc2s1)C(=O)Nc1ccccc1C(=O)O. The van der Waals surface area contributed by atoms with Gasteiger partial charge < -0.3 is 10.4 Å². The molecule has 5 nitrogen and oxygen atoms in total. The molecule has 0 aliphatic carbocycles. The second-order valence-corrected chi connectivity index (χ2v) is 7.78. The molecule has 128 valence electrons. The van der Waals surface area contributed by atoms with Gasteiger partial charge in [-0.05, 0) is 30.7 Å². The summed E-state index contributed by atoms with van der Waals surface area (Å²) in [5.74, 6) is -1.29. The zero-order chi connectivity index (χ0) is 17.8. The van der Waals surface area contributed by atoms with Crippen molar-refractivity contribution in [2.45, 2.75) is 22.9 Å². The van der Waals surface area contributed by atoms with Crippen molar-refractivity contribution < 1.29 is 14.7 Å². The van der Waals surface area contributed by atoms with E-state index in [0.717, 1.165) is 14.6 Å². The van der Waals surface area contributed by atoms with Gasteiger partial charge in [0.2, 0.25) is 5.91 Å². The fourth-order valence-electron chi connectivity index (χ4n) is 2.34. The van der Waals surface area contributed by atoms with Crippen molar-refractivity contribution in [2.75, 3.05) is 5.32 Å². The highest BCUT2D eigenvalue weighted by molar-refractivity contribution is 8.02. The highest BCUT2D eigenvalue weighted by Gasteiger charge is 2.21. The van der Waals surface area contributed by atoms with Crippen LogP contribution in [-0.2, 0) is 4.79 Å². The Bertz CT molecular complexity index is 890. The van der Waals surface area contributed by atoms with E-state index in [0.29, 0.717) is 12.1 Å². The standard InChI is InChI=1S/C18H16N2O3S2/c1-2-14(24-18-20-13-9-5-6-10-15(13)25-18)16(21)19-12-8-4-3-7-11(12)17(22)23/h3-10,14H,2H2,1H3,(H,19,21)(H,22,23). The van der Waals surface area contributed by atoms with E-state index in [1.54, 1.807) is 29.5 Å². The normalized spacial score (nSPS) is 12.0. The van der Waals surface area contributed by atoms with Crippen LogP contribution in [0.3, 0.4) is 0 Å². The van der Waals surface area contributed by atoms with Crippen LogP contribution in [0.25, 0.3) is 10.2 Å². The van der Waals surface area contributed by atoms with Crippen LogP contribution in [0, 0.1) is 0 Å². The van der Waals surface area contributed by atoms with E-state index in [2.05, 4.69) is 10.3 Å². The first kappa shape index (κ1) is 17.4. The van der Waals surface area contributed by atoms with Crippen LogP contribution < -0.4 is 5.32 Å². The number of fused-ring (bicyclic) bond motifs is 1. The van der Waals surface area contributed by atoms with Gasteiger partial charge >= 0.3 is 5.97 Å². The number of para-hydroxylation sites is 2. The van der Waals surface area contributed by atoms with Crippen LogP contribution in [0.1, 0.15) is 23.7 Å². The first-order valence-corrected chi connectivity index (χ1v) is 9.43. The summed E-state index contributed by atoms with van der Waals surface area (Å²) in [5.41, 5.74) is 1.31. The lowest BCUT2D eigenvalue weighted by atomic mass is 10.1. The predicted molar refractivity (Wildman–Crippen MR) is 102 cm³/mol. The molecule has 0 fully saturated rings. The van der Waals surface area contributed by atoms with Crippen molar-refractivity contribution in [3.63, 3.8) is 0 Å². The Morgan fingerprint density at radius 2 is 1.92 bits per heavy atom. The number of aromatic nitrogens is 1. The molecule has 1 heterocycles. The van der Waals surface area contributed by atoms with Crippen molar-refractivity contribution >= 4 is 50.9 Å². The molecule has 1 aromatic heterocycles. The number of rotatable bonds is 6. The van der Waals surface area contributed by atoms with Crippen LogP contribution in [-0.4, -0.2) is 27.2 Å². The average molecular weight is 372 g/mol. The summed E-state index contributed by atoms with van der Waals surface area (Å²) >= 11 is 2.95. The maximum atomic E-state index is 12.6. The topological polar surface area (TPSA) is 79.3 Å². The van der Waals surface area contributed by atoms with Crippen LogP contribution in [0.15, 0.2) is 52.9 Å². The zero-order valence-electron chi connectivity index (χ0n) is 13.4. The highest BCUT2D eigenvalue weighted by atomic mass is 32.2. The highest BCUT2D eigenvalue weighted by Crippen LogP contribution is 2.33. The number of nitrogens with zero attached hydrogens (tertiary/aromatic N) is 1. The van der Waals surface area contributed by atoms with E-state index in [9.17, 15) is 14.7 Å². The number of thioether (sulfide) groups is 1. The number of carboxylic acids is 1. The molecule has 0 spiro atoms. The fourth-order valence-corrected chi connectivity index (χ4v) is 4.57. The second kappa shape index (κ2) is 7.67. The van der Waals surface area contributed by atoms with Crippen LogP contribution >= 0.6 is 23.1 Å². The van der Waals surface area contributed by atoms with Gasteiger partial charge in [-0.15, -0.1) is 11.3 Å². The van der Waals surface area contributed by atoms with Crippen molar-refractivity contribution in [3.8, 4) is 0 Å². The summed E-state index contributed by atoms with van der Waals surface area (Å²) < 4.78 is 1.91. The lowest BCUT2D eigenvalue weighted by molar-refractivity contribution is -0.115. The third kappa shape index (κ3) is 4.00. The van der Waals surface area contributed by atoms with E-state index in [4.69, 9.17) is 0 Å². The molecular weight excluding hydrogens is 356 g/mol. The molecular formula is C18H16N2O3S2. The van der Waals surface area contributed by atoms with Gasteiger partial charge in [0.05, 0.1) is 26.7 Å². The largest absolute Gasteiger partial charge is 0.478 e. The van der Waals surface area contributed by atoms with Gasteiger partial charge in [-0.3, -0.25) is 4.79 Å². The van der Waals surface area contributed by atoms with Crippen molar-refractivity contribution in [2.24, 2.45) is 0 Å². The molecule has 1 amide bonds. The number of carbonyl (C=O) groups excluding carboxylic acids is 1. The van der Waals surface area contributed by atoms with Gasteiger partial charge in [-0.1, -0.05) is 43.0 Å². The number of hydrogen-bond acceptors (Lipinski definition) is 5. The monoisotopic (exact) mass is 372 g/mol. The molecule has 0 aliphatic heterocycles. The first-order valence-electron chi connectivity index (χ1n) is 7.74. The number of carboxylic acid groups (broad SMARTS) is 1. The summed E-state index contributed by atoms with van der Waals surface area (Å²) in [4.78, 5) is 28.4. The molecule has 1 atom stereocenters.